The predicted molar refractivity (Wildman–Crippen MR) is 116 cm³/mol. The van der Waals surface area contributed by atoms with Gasteiger partial charge in [0, 0.05) is 47.7 Å². The molecule has 0 saturated heterocycles. The number of aryl methyl sites for hydroxylation is 2. The molecular formula is C23H20N6O2. The topological polar surface area (TPSA) is 108 Å². The third-order valence-electron chi connectivity index (χ3n) is 4.71. The Kier molecular flexibility index (Phi) is 5.61. The predicted octanol–water partition coefficient (Wildman–Crippen LogP) is 3.03. The van der Waals surface area contributed by atoms with Crippen LogP contribution >= 0.6 is 0 Å². The quantitative estimate of drug-likeness (QED) is 0.399. The van der Waals surface area contributed by atoms with Crippen LogP contribution in [0.1, 0.15) is 16.8 Å². The molecule has 8 heteroatoms. The number of amides is 1. The molecule has 0 aliphatic carbocycles. The Morgan fingerprint density at radius 3 is 2.58 bits per heavy atom. The smallest absolute Gasteiger partial charge is 0.311 e. The zero-order chi connectivity index (χ0) is 21.8. The first-order chi connectivity index (χ1) is 15.0. The molecule has 4 rings (SSSR count). The molecule has 0 fully saturated rings. The molecule has 0 saturated carbocycles. The highest BCUT2D eigenvalue weighted by molar-refractivity contribution is 5.91. The minimum atomic E-state index is -0.300. The molecule has 0 spiro atoms. The van der Waals surface area contributed by atoms with Crippen molar-refractivity contribution in [1.82, 2.24) is 19.9 Å². The Morgan fingerprint density at radius 2 is 1.87 bits per heavy atom. The molecule has 4 aromatic rings. The van der Waals surface area contributed by atoms with Crippen LogP contribution < -0.4 is 10.0 Å². The summed E-state index contributed by atoms with van der Waals surface area (Å²) < 4.78 is 0.611. The second kappa shape index (κ2) is 8.66. The van der Waals surface area contributed by atoms with E-state index in [9.17, 15) is 10.0 Å². The SMILES string of the molecule is Cc1cc(-c2ncc(CC(=O)Nc3ccc(-c4cnccn4)c[n+]3[O-])cc2C)ccn1. The van der Waals surface area contributed by atoms with E-state index in [1.54, 1.807) is 43.1 Å². The minimum Gasteiger partial charge on any atom is -0.711 e. The van der Waals surface area contributed by atoms with Gasteiger partial charge in [-0.2, -0.15) is 0 Å². The second-order valence-corrected chi connectivity index (χ2v) is 7.14. The number of nitrogens with zero attached hydrogens (tertiary/aromatic N) is 5. The molecule has 1 N–H and O–H groups in total. The molecule has 0 aliphatic heterocycles. The summed E-state index contributed by atoms with van der Waals surface area (Å²) in [6.45, 7) is 3.88. The number of carbonyl (C=O) groups is 1. The fraction of sp³-hybridized carbons (Fsp3) is 0.130. The second-order valence-electron chi connectivity index (χ2n) is 7.14. The molecule has 0 bridgehead atoms. The van der Waals surface area contributed by atoms with E-state index in [0.29, 0.717) is 16.0 Å². The third-order valence-corrected chi connectivity index (χ3v) is 4.71. The summed E-state index contributed by atoms with van der Waals surface area (Å²) >= 11 is 0. The fourth-order valence-corrected chi connectivity index (χ4v) is 3.27. The van der Waals surface area contributed by atoms with Gasteiger partial charge >= 0.3 is 5.91 Å². The molecule has 4 aromatic heterocycles. The van der Waals surface area contributed by atoms with Crippen LogP contribution in [0.3, 0.4) is 0 Å². The van der Waals surface area contributed by atoms with Gasteiger partial charge in [0.2, 0.25) is 0 Å². The first kappa shape index (κ1) is 20.1. The molecule has 0 aromatic carbocycles. The van der Waals surface area contributed by atoms with Gasteiger partial charge in [-0.3, -0.25) is 19.9 Å². The summed E-state index contributed by atoms with van der Waals surface area (Å²) in [6, 6.07) is 9.07. The van der Waals surface area contributed by atoms with E-state index in [4.69, 9.17) is 0 Å². The first-order valence-corrected chi connectivity index (χ1v) is 9.67. The van der Waals surface area contributed by atoms with Gasteiger partial charge in [-0.25, -0.2) is 14.8 Å². The lowest BCUT2D eigenvalue weighted by Crippen LogP contribution is -2.33. The summed E-state index contributed by atoms with van der Waals surface area (Å²) in [6.07, 6.45) is 9.58. The molecule has 8 nitrogen and oxygen atoms in total. The lowest BCUT2D eigenvalue weighted by Gasteiger charge is -2.10. The van der Waals surface area contributed by atoms with Crippen LogP contribution in [0.25, 0.3) is 22.5 Å². The Labute approximate surface area is 179 Å². The number of carbonyl (C=O) groups excluding carboxylic acids is 1. The van der Waals surface area contributed by atoms with Gasteiger partial charge in [-0.05, 0) is 43.2 Å². The molecule has 154 valence electrons. The molecule has 0 unspecified atom stereocenters. The summed E-state index contributed by atoms with van der Waals surface area (Å²) in [4.78, 5) is 29.4. The van der Waals surface area contributed by atoms with Crippen molar-refractivity contribution in [2.24, 2.45) is 0 Å². The van der Waals surface area contributed by atoms with Crippen LogP contribution in [0.15, 0.2) is 67.5 Å². The number of hydrogen-bond acceptors (Lipinski definition) is 6. The van der Waals surface area contributed by atoms with Crippen molar-refractivity contribution in [2.45, 2.75) is 20.3 Å². The highest BCUT2D eigenvalue weighted by Crippen LogP contribution is 2.22. The highest BCUT2D eigenvalue weighted by atomic mass is 16.5. The van der Waals surface area contributed by atoms with Crippen molar-refractivity contribution in [2.75, 3.05) is 5.32 Å². The maximum Gasteiger partial charge on any atom is 0.311 e. The van der Waals surface area contributed by atoms with Crippen LogP contribution in [0.4, 0.5) is 5.82 Å². The summed E-state index contributed by atoms with van der Waals surface area (Å²) in [5, 5.41) is 15.0. The first-order valence-electron chi connectivity index (χ1n) is 9.67. The van der Waals surface area contributed by atoms with Crippen LogP contribution in [0, 0.1) is 19.1 Å². The Balaban J connectivity index is 1.46. The van der Waals surface area contributed by atoms with E-state index in [0.717, 1.165) is 28.1 Å². The minimum absolute atomic E-state index is 0.107. The molecule has 0 atom stereocenters. The largest absolute Gasteiger partial charge is 0.711 e. The van der Waals surface area contributed by atoms with Crippen LogP contribution in [0.5, 0.6) is 0 Å². The Bertz CT molecular complexity index is 1240. The lowest BCUT2D eigenvalue weighted by atomic mass is 10.0. The van der Waals surface area contributed by atoms with Gasteiger partial charge in [-0.15, -0.1) is 0 Å². The summed E-state index contributed by atoms with van der Waals surface area (Å²) in [7, 11) is 0. The maximum atomic E-state index is 12.5. The van der Waals surface area contributed by atoms with Crippen molar-refractivity contribution >= 4 is 11.7 Å². The molecule has 1 amide bonds. The average Bonchev–Trinajstić information content (AvgIpc) is 2.76. The van der Waals surface area contributed by atoms with E-state index in [1.807, 2.05) is 32.0 Å². The average molecular weight is 412 g/mol. The van der Waals surface area contributed by atoms with Gasteiger partial charge in [0.15, 0.2) is 0 Å². The Morgan fingerprint density at radius 1 is 1.00 bits per heavy atom. The van der Waals surface area contributed by atoms with Crippen LogP contribution in [-0.4, -0.2) is 25.8 Å². The van der Waals surface area contributed by atoms with Gasteiger partial charge in [-0.1, -0.05) is 6.07 Å². The van der Waals surface area contributed by atoms with E-state index < -0.39 is 0 Å². The van der Waals surface area contributed by atoms with Gasteiger partial charge in [0.1, 0.15) is 6.20 Å². The van der Waals surface area contributed by atoms with Crippen molar-refractivity contribution in [1.29, 1.82) is 0 Å². The van der Waals surface area contributed by atoms with Gasteiger partial charge < -0.3 is 5.21 Å². The maximum absolute atomic E-state index is 12.5. The molecule has 31 heavy (non-hydrogen) atoms. The Hall–Kier alpha value is -4.20. The monoisotopic (exact) mass is 412 g/mol. The summed E-state index contributed by atoms with van der Waals surface area (Å²) in [5.74, 6) is -0.156. The van der Waals surface area contributed by atoms with E-state index in [-0.39, 0.29) is 18.1 Å². The standard InChI is InChI=1S/C23H20N6O2/c1-15-9-17(12-27-23(15)18-5-6-25-16(2)10-18)11-22(30)28-21-4-3-19(14-29(21)31)20-13-24-7-8-26-20/h3-10,12-14H,11H2,1-2H3,(H,28,30). The zero-order valence-corrected chi connectivity index (χ0v) is 17.1. The van der Waals surface area contributed by atoms with E-state index >= 15 is 0 Å². The number of anilines is 1. The third kappa shape index (κ3) is 4.69. The number of aromatic nitrogens is 5. The molecule has 0 radical (unpaired) electrons. The van der Waals surface area contributed by atoms with Gasteiger partial charge in [0.05, 0.1) is 24.0 Å². The zero-order valence-electron chi connectivity index (χ0n) is 17.1. The van der Waals surface area contributed by atoms with Crippen LogP contribution in [0.2, 0.25) is 0 Å². The van der Waals surface area contributed by atoms with E-state index in [2.05, 4.69) is 25.3 Å². The highest BCUT2D eigenvalue weighted by Gasteiger charge is 2.15. The molecule has 0 aliphatic rings. The van der Waals surface area contributed by atoms with Crippen molar-refractivity contribution in [3.63, 3.8) is 0 Å². The normalized spacial score (nSPS) is 10.6. The number of pyridine rings is 3. The fourth-order valence-electron chi connectivity index (χ4n) is 3.27. The van der Waals surface area contributed by atoms with Crippen molar-refractivity contribution < 1.29 is 9.52 Å². The lowest BCUT2D eigenvalue weighted by molar-refractivity contribution is -0.589. The van der Waals surface area contributed by atoms with Crippen molar-refractivity contribution in [3.8, 4) is 22.5 Å². The van der Waals surface area contributed by atoms with Gasteiger partial charge in [0.25, 0.3) is 5.82 Å². The molecule has 4 heterocycles. The van der Waals surface area contributed by atoms with E-state index in [1.165, 1.54) is 6.20 Å². The van der Waals surface area contributed by atoms with Crippen LogP contribution in [-0.2, 0) is 11.2 Å². The van der Waals surface area contributed by atoms with Crippen molar-refractivity contribution in [3.05, 3.63) is 89.5 Å². The summed E-state index contributed by atoms with van der Waals surface area (Å²) in [5.41, 5.74) is 5.67. The molecular weight excluding hydrogens is 392 g/mol. The number of rotatable bonds is 5. The number of hydrogen-bond donors (Lipinski definition) is 1. The number of nitrogens with one attached hydrogen (secondary N) is 1.